The quantitative estimate of drug-likeness (QED) is 0.814. The predicted molar refractivity (Wildman–Crippen MR) is 57.2 cm³/mol. The first-order chi connectivity index (χ1) is 6.13. The summed E-state index contributed by atoms with van der Waals surface area (Å²) in [4.78, 5) is 0. The largest absolute Gasteiger partial charge is 0.329 e. The first-order valence-electron chi connectivity index (χ1n) is 4.03. The number of rotatable bonds is 3. The lowest BCUT2D eigenvalue weighted by Crippen LogP contribution is -2.31. The molecule has 0 aliphatic rings. The van der Waals surface area contributed by atoms with Crippen molar-refractivity contribution in [3.05, 3.63) is 33.8 Å². The van der Waals surface area contributed by atoms with E-state index in [0.717, 1.165) is 5.56 Å². The van der Waals surface area contributed by atoms with Gasteiger partial charge in [-0.2, -0.15) is 0 Å². The molecule has 0 saturated carbocycles. The Morgan fingerprint density at radius 2 is 2.00 bits per heavy atom. The molecule has 1 rings (SSSR count). The van der Waals surface area contributed by atoms with Gasteiger partial charge >= 0.3 is 0 Å². The molecule has 0 radical (unpaired) electrons. The summed E-state index contributed by atoms with van der Waals surface area (Å²) >= 11 is 11.7. The molecule has 0 bridgehead atoms. The van der Waals surface area contributed by atoms with E-state index in [4.69, 9.17) is 34.7 Å². The first kappa shape index (κ1) is 10.8. The standard InChI is InChI=1S/C9H12Cl2N2/c10-7-2-1-6(9(11)4-7)3-8(13)5-12/h1-2,4,8H,3,5,12-13H2/t8-/m0/s1. The van der Waals surface area contributed by atoms with Gasteiger partial charge in [0.2, 0.25) is 0 Å². The molecule has 0 aliphatic heterocycles. The van der Waals surface area contributed by atoms with Crippen LogP contribution in [0.1, 0.15) is 5.56 Å². The lowest BCUT2D eigenvalue weighted by atomic mass is 10.1. The third kappa shape index (κ3) is 3.16. The highest BCUT2D eigenvalue weighted by Gasteiger charge is 2.05. The van der Waals surface area contributed by atoms with Crippen LogP contribution < -0.4 is 11.5 Å². The Morgan fingerprint density at radius 1 is 1.31 bits per heavy atom. The second-order valence-electron chi connectivity index (χ2n) is 2.94. The summed E-state index contributed by atoms with van der Waals surface area (Å²) in [6.45, 7) is 0.457. The van der Waals surface area contributed by atoms with Gasteiger partial charge in [0.15, 0.2) is 0 Å². The molecule has 72 valence electrons. The Morgan fingerprint density at radius 3 is 2.54 bits per heavy atom. The zero-order chi connectivity index (χ0) is 9.84. The highest BCUT2D eigenvalue weighted by Crippen LogP contribution is 2.21. The Hall–Kier alpha value is -0.280. The summed E-state index contributed by atoms with van der Waals surface area (Å²) < 4.78 is 0. The summed E-state index contributed by atoms with van der Waals surface area (Å²) in [5.41, 5.74) is 12.1. The van der Waals surface area contributed by atoms with Gasteiger partial charge in [-0.3, -0.25) is 0 Å². The van der Waals surface area contributed by atoms with Crippen LogP contribution in [0.15, 0.2) is 18.2 Å². The van der Waals surface area contributed by atoms with Crippen LogP contribution in [0.2, 0.25) is 10.0 Å². The summed E-state index contributed by atoms with van der Waals surface area (Å²) in [5, 5.41) is 1.28. The van der Waals surface area contributed by atoms with E-state index in [1.165, 1.54) is 0 Å². The van der Waals surface area contributed by atoms with E-state index in [9.17, 15) is 0 Å². The molecule has 0 aromatic heterocycles. The van der Waals surface area contributed by atoms with Crippen LogP contribution in [0.5, 0.6) is 0 Å². The van der Waals surface area contributed by atoms with Crippen LogP contribution in [0.25, 0.3) is 0 Å². The number of benzene rings is 1. The van der Waals surface area contributed by atoms with Crippen molar-refractivity contribution in [1.82, 2.24) is 0 Å². The van der Waals surface area contributed by atoms with Crippen molar-refractivity contribution in [2.75, 3.05) is 6.54 Å². The van der Waals surface area contributed by atoms with Gasteiger partial charge < -0.3 is 11.5 Å². The van der Waals surface area contributed by atoms with Crippen molar-refractivity contribution in [1.29, 1.82) is 0 Å². The van der Waals surface area contributed by atoms with Crippen LogP contribution >= 0.6 is 23.2 Å². The highest BCUT2D eigenvalue weighted by atomic mass is 35.5. The van der Waals surface area contributed by atoms with Crippen molar-refractivity contribution >= 4 is 23.2 Å². The fourth-order valence-corrected chi connectivity index (χ4v) is 1.54. The minimum atomic E-state index is -0.0429. The van der Waals surface area contributed by atoms with E-state index in [1.54, 1.807) is 12.1 Å². The van der Waals surface area contributed by atoms with E-state index in [-0.39, 0.29) is 6.04 Å². The van der Waals surface area contributed by atoms with Crippen molar-refractivity contribution in [2.45, 2.75) is 12.5 Å². The maximum absolute atomic E-state index is 5.95. The molecular weight excluding hydrogens is 207 g/mol. The van der Waals surface area contributed by atoms with Gasteiger partial charge in [0.1, 0.15) is 0 Å². The summed E-state index contributed by atoms with van der Waals surface area (Å²) in [7, 11) is 0. The smallest absolute Gasteiger partial charge is 0.0453 e. The van der Waals surface area contributed by atoms with Crippen LogP contribution in [0.3, 0.4) is 0 Å². The summed E-state index contributed by atoms with van der Waals surface area (Å²) in [6.07, 6.45) is 0.687. The van der Waals surface area contributed by atoms with Crippen LogP contribution in [0.4, 0.5) is 0 Å². The Labute approximate surface area is 87.8 Å². The van der Waals surface area contributed by atoms with Gasteiger partial charge in [0.25, 0.3) is 0 Å². The fraction of sp³-hybridized carbons (Fsp3) is 0.333. The monoisotopic (exact) mass is 218 g/mol. The normalized spacial score (nSPS) is 12.9. The maximum atomic E-state index is 5.95. The molecule has 0 heterocycles. The van der Waals surface area contributed by atoms with E-state index >= 15 is 0 Å². The molecule has 0 saturated heterocycles. The molecule has 0 spiro atoms. The SMILES string of the molecule is NC[C@@H](N)Cc1ccc(Cl)cc1Cl. The molecule has 4 heteroatoms. The molecule has 1 atom stereocenters. The summed E-state index contributed by atoms with van der Waals surface area (Å²) in [5.74, 6) is 0. The number of halogens is 2. The summed E-state index contributed by atoms with van der Waals surface area (Å²) in [6, 6.07) is 5.34. The van der Waals surface area contributed by atoms with Crippen LogP contribution in [-0.4, -0.2) is 12.6 Å². The lowest BCUT2D eigenvalue weighted by molar-refractivity contribution is 0.679. The molecule has 4 N–H and O–H groups in total. The van der Waals surface area contributed by atoms with E-state index in [1.807, 2.05) is 6.07 Å². The van der Waals surface area contributed by atoms with Gasteiger partial charge in [-0.15, -0.1) is 0 Å². The molecule has 0 amide bonds. The lowest BCUT2D eigenvalue weighted by Gasteiger charge is -2.09. The molecule has 13 heavy (non-hydrogen) atoms. The topological polar surface area (TPSA) is 52.0 Å². The van der Waals surface area contributed by atoms with E-state index in [0.29, 0.717) is 23.0 Å². The fourth-order valence-electron chi connectivity index (χ4n) is 1.05. The zero-order valence-electron chi connectivity index (χ0n) is 7.13. The predicted octanol–water partition coefficient (Wildman–Crippen LogP) is 1.82. The minimum absolute atomic E-state index is 0.0429. The number of nitrogens with two attached hydrogens (primary N) is 2. The first-order valence-corrected chi connectivity index (χ1v) is 4.78. The maximum Gasteiger partial charge on any atom is 0.0453 e. The van der Waals surface area contributed by atoms with Crippen LogP contribution in [-0.2, 0) is 6.42 Å². The van der Waals surface area contributed by atoms with Crippen LogP contribution in [0, 0.1) is 0 Å². The van der Waals surface area contributed by atoms with Crippen molar-refractivity contribution in [3.8, 4) is 0 Å². The molecular formula is C9H12Cl2N2. The molecule has 2 nitrogen and oxygen atoms in total. The van der Waals surface area contributed by atoms with Gasteiger partial charge in [-0.25, -0.2) is 0 Å². The second kappa shape index (κ2) is 4.82. The molecule has 0 fully saturated rings. The molecule has 1 aromatic carbocycles. The van der Waals surface area contributed by atoms with Crippen molar-refractivity contribution in [2.24, 2.45) is 11.5 Å². The van der Waals surface area contributed by atoms with Gasteiger partial charge in [0, 0.05) is 22.6 Å². The van der Waals surface area contributed by atoms with Gasteiger partial charge in [0.05, 0.1) is 0 Å². The third-order valence-corrected chi connectivity index (χ3v) is 2.39. The Balaban J connectivity index is 2.77. The third-order valence-electron chi connectivity index (χ3n) is 1.80. The average Bonchev–Trinajstić information content (AvgIpc) is 2.09. The highest BCUT2D eigenvalue weighted by molar-refractivity contribution is 6.35. The average molecular weight is 219 g/mol. The van der Waals surface area contributed by atoms with Crippen molar-refractivity contribution in [3.63, 3.8) is 0 Å². The molecule has 1 aromatic rings. The van der Waals surface area contributed by atoms with Gasteiger partial charge in [-0.1, -0.05) is 29.3 Å². The Kier molecular flexibility index (Phi) is 4.00. The molecule has 0 aliphatic carbocycles. The van der Waals surface area contributed by atoms with E-state index < -0.39 is 0 Å². The second-order valence-corrected chi connectivity index (χ2v) is 3.78. The number of hydrogen-bond acceptors (Lipinski definition) is 2. The number of hydrogen-bond donors (Lipinski definition) is 2. The van der Waals surface area contributed by atoms with E-state index in [2.05, 4.69) is 0 Å². The molecule has 0 unspecified atom stereocenters. The Bertz CT molecular complexity index is 289. The zero-order valence-corrected chi connectivity index (χ0v) is 8.65. The minimum Gasteiger partial charge on any atom is -0.329 e. The van der Waals surface area contributed by atoms with Crippen molar-refractivity contribution < 1.29 is 0 Å². The van der Waals surface area contributed by atoms with Gasteiger partial charge in [-0.05, 0) is 24.1 Å².